The van der Waals surface area contributed by atoms with E-state index in [2.05, 4.69) is 13.8 Å². The van der Waals surface area contributed by atoms with Gasteiger partial charge in [-0.3, -0.25) is 9.59 Å². The number of carboxylic acids is 1. The van der Waals surface area contributed by atoms with Crippen LogP contribution in [-0.4, -0.2) is 34.5 Å². The molecule has 0 bridgehead atoms. The molecule has 0 radical (unpaired) electrons. The molecule has 1 amide bonds. The highest BCUT2D eigenvalue weighted by Gasteiger charge is 2.27. The Morgan fingerprint density at radius 2 is 1.88 bits per heavy atom. The summed E-state index contributed by atoms with van der Waals surface area (Å²) in [7, 11) is 0. The van der Waals surface area contributed by atoms with E-state index in [4.69, 9.17) is 5.11 Å². The summed E-state index contributed by atoms with van der Waals surface area (Å²) in [4.78, 5) is 24.4. The van der Waals surface area contributed by atoms with Gasteiger partial charge in [-0.15, -0.1) is 0 Å². The van der Waals surface area contributed by atoms with E-state index in [1.54, 1.807) is 4.90 Å². The quantitative estimate of drug-likeness (QED) is 0.776. The summed E-state index contributed by atoms with van der Waals surface area (Å²) in [6, 6.07) is 0.158. The van der Waals surface area contributed by atoms with Gasteiger partial charge in [-0.05, 0) is 25.2 Å². The Hall–Kier alpha value is -1.06. The van der Waals surface area contributed by atoms with E-state index in [0.29, 0.717) is 12.3 Å². The zero-order chi connectivity index (χ0) is 12.8. The normalized spacial score (nSPS) is 16.4. The van der Waals surface area contributed by atoms with Gasteiger partial charge in [-0.25, -0.2) is 0 Å². The Morgan fingerprint density at radius 3 is 2.35 bits per heavy atom. The van der Waals surface area contributed by atoms with Gasteiger partial charge in [0, 0.05) is 12.5 Å². The Morgan fingerprint density at radius 1 is 1.29 bits per heavy atom. The van der Waals surface area contributed by atoms with Crippen molar-refractivity contribution >= 4 is 11.9 Å². The van der Waals surface area contributed by atoms with Crippen LogP contribution in [0.5, 0.6) is 0 Å². The minimum atomic E-state index is -0.908. The summed E-state index contributed by atoms with van der Waals surface area (Å²) in [5, 5.41) is 8.88. The average Bonchev–Trinajstić information content (AvgIpc) is 2.75. The molecule has 98 valence electrons. The Labute approximate surface area is 103 Å². The molecule has 0 spiro atoms. The van der Waals surface area contributed by atoms with Crippen LogP contribution in [0.2, 0.25) is 0 Å². The molecule has 1 N–H and O–H groups in total. The van der Waals surface area contributed by atoms with Crippen LogP contribution in [0, 0.1) is 5.92 Å². The van der Waals surface area contributed by atoms with Crippen LogP contribution in [0.4, 0.5) is 0 Å². The first kappa shape index (κ1) is 14.0. The van der Waals surface area contributed by atoms with Crippen LogP contribution < -0.4 is 0 Å². The minimum absolute atomic E-state index is 0.00741. The minimum Gasteiger partial charge on any atom is -0.480 e. The van der Waals surface area contributed by atoms with Gasteiger partial charge in [-0.2, -0.15) is 0 Å². The van der Waals surface area contributed by atoms with Crippen molar-refractivity contribution in [2.24, 2.45) is 5.92 Å². The lowest BCUT2D eigenvalue weighted by Gasteiger charge is -2.27. The Bertz CT molecular complexity index is 270. The highest BCUT2D eigenvalue weighted by molar-refractivity contribution is 5.81. The summed E-state index contributed by atoms with van der Waals surface area (Å²) in [5.41, 5.74) is 0. The van der Waals surface area contributed by atoms with E-state index in [0.717, 1.165) is 32.1 Å². The molecule has 17 heavy (non-hydrogen) atoms. The standard InChI is InChI=1S/C13H23NO3/c1-10(2)7-8-12(15)14(9-13(16)17)11-5-3-4-6-11/h10-11H,3-9H2,1-2H3,(H,16,17). The third-order valence-electron chi connectivity index (χ3n) is 3.33. The molecule has 1 saturated carbocycles. The molecule has 0 aromatic heterocycles. The van der Waals surface area contributed by atoms with Crippen LogP contribution in [0.15, 0.2) is 0 Å². The first-order valence-electron chi connectivity index (χ1n) is 6.52. The van der Waals surface area contributed by atoms with Gasteiger partial charge in [-0.1, -0.05) is 26.7 Å². The van der Waals surface area contributed by atoms with Crippen molar-refractivity contribution in [1.82, 2.24) is 4.90 Å². The molecule has 0 unspecified atom stereocenters. The second-order valence-corrected chi connectivity index (χ2v) is 5.29. The number of carbonyl (C=O) groups is 2. The maximum Gasteiger partial charge on any atom is 0.323 e. The zero-order valence-corrected chi connectivity index (χ0v) is 10.8. The molecule has 0 aliphatic heterocycles. The number of hydrogen-bond donors (Lipinski definition) is 1. The van der Waals surface area contributed by atoms with Crippen molar-refractivity contribution in [3.05, 3.63) is 0 Å². The van der Waals surface area contributed by atoms with Gasteiger partial charge in [0.25, 0.3) is 0 Å². The summed E-state index contributed by atoms with van der Waals surface area (Å²) in [5.74, 6) is -0.419. The van der Waals surface area contributed by atoms with Gasteiger partial charge in [0.1, 0.15) is 6.54 Å². The lowest BCUT2D eigenvalue weighted by atomic mass is 10.1. The largest absolute Gasteiger partial charge is 0.480 e. The third kappa shape index (κ3) is 4.75. The van der Waals surface area contributed by atoms with E-state index in [-0.39, 0.29) is 18.5 Å². The van der Waals surface area contributed by atoms with E-state index in [1.165, 1.54) is 0 Å². The molecule has 1 aliphatic rings. The molecular weight excluding hydrogens is 218 g/mol. The fraction of sp³-hybridized carbons (Fsp3) is 0.846. The van der Waals surface area contributed by atoms with E-state index < -0.39 is 5.97 Å². The number of aliphatic carboxylic acids is 1. The zero-order valence-electron chi connectivity index (χ0n) is 10.8. The lowest BCUT2D eigenvalue weighted by molar-refractivity contribution is -0.146. The number of nitrogens with zero attached hydrogens (tertiary/aromatic N) is 1. The van der Waals surface area contributed by atoms with Gasteiger partial charge >= 0.3 is 5.97 Å². The highest BCUT2D eigenvalue weighted by atomic mass is 16.4. The molecule has 0 aromatic carbocycles. The number of carbonyl (C=O) groups excluding carboxylic acids is 1. The second kappa shape index (κ2) is 6.62. The SMILES string of the molecule is CC(C)CCC(=O)N(CC(=O)O)C1CCCC1. The number of rotatable bonds is 6. The second-order valence-electron chi connectivity index (χ2n) is 5.29. The van der Waals surface area contributed by atoms with Crippen LogP contribution in [0.3, 0.4) is 0 Å². The van der Waals surface area contributed by atoms with Crippen LogP contribution >= 0.6 is 0 Å². The van der Waals surface area contributed by atoms with Crippen molar-refractivity contribution < 1.29 is 14.7 Å². The van der Waals surface area contributed by atoms with Crippen molar-refractivity contribution in [2.75, 3.05) is 6.54 Å². The molecule has 0 saturated heterocycles. The third-order valence-corrected chi connectivity index (χ3v) is 3.33. The Kier molecular flexibility index (Phi) is 5.45. The van der Waals surface area contributed by atoms with Crippen LogP contribution in [-0.2, 0) is 9.59 Å². The molecule has 4 nitrogen and oxygen atoms in total. The number of hydrogen-bond acceptors (Lipinski definition) is 2. The van der Waals surface area contributed by atoms with Crippen molar-refractivity contribution in [3.8, 4) is 0 Å². The number of carboxylic acid groups (broad SMARTS) is 1. The van der Waals surface area contributed by atoms with Gasteiger partial charge in [0.2, 0.25) is 5.91 Å². The van der Waals surface area contributed by atoms with E-state index in [1.807, 2.05) is 0 Å². The number of amides is 1. The summed E-state index contributed by atoms with van der Waals surface area (Å²) >= 11 is 0. The van der Waals surface area contributed by atoms with Gasteiger partial charge in [0.05, 0.1) is 0 Å². The lowest BCUT2D eigenvalue weighted by Crippen LogP contribution is -2.42. The fourth-order valence-electron chi connectivity index (χ4n) is 2.34. The predicted molar refractivity (Wildman–Crippen MR) is 65.7 cm³/mol. The van der Waals surface area contributed by atoms with Crippen LogP contribution in [0.25, 0.3) is 0 Å². The molecule has 0 aromatic rings. The Balaban J connectivity index is 2.54. The topological polar surface area (TPSA) is 57.6 Å². The first-order valence-corrected chi connectivity index (χ1v) is 6.52. The molecule has 0 atom stereocenters. The molecular formula is C13H23NO3. The smallest absolute Gasteiger partial charge is 0.323 e. The van der Waals surface area contributed by atoms with E-state index >= 15 is 0 Å². The summed E-state index contributed by atoms with van der Waals surface area (Å²) < 4.78 is 0. The van der Waals surface area contributed by atoms with Crippen molar-refractivity contribution in [1.29, 1.82) is 0 Å². The molecule has 1 rings (SSSR count). The molecule has 4 heteroatoms. The fourth-order valence-corrected chi connectivity index (χ4v) is 2.34. The summed E-state index contributed by atoms with van der Waals surface area (Å²) in [6.07, 6.45) is 5.45. The van der Waals surface area contributed by atoms with Crippen molar-refractivity contribution in [2.45, 2.75) is 58.4 Å². The maximum atomic E-state index is 12.0. The van der Waals surface area contributed by atoms with Gasteiger partial charge in [0.15, 0.2) is 0 Å². The highest BCUT2D eigenvalue weighted by Crippen LogP contribution is 2.24. The predicted octanol–water partition coefficient (Wildman–Crippen LogP) is 2.28. The monoisotopic (exact) mass is 241 g/mol. The van der Waals surface area contributed by atoms with Crippen molar-refractivity contribution in [3.63, 3.8) is 0 Å². The molecule has 1 aliphatic carbocycles. The molecule has 0 heterocycles. The van der Waals surface area contributed by atoms with Crippen LogP contribution in [0.1, 0.15) is 52.4 Å². The maximum absolute atomic E-state index is 12.0. The first-order chi connectivity index (χ1) is 8.00. The van der Waals surface area contributed by atoms with Gasteiger partial charge < -0.3 is 10.0 Å². The van der Waals surface area contributed by atoms with E-state index in [9.17, 15) is 9.59 Å². The molecule has 1 fully saturated rings. The average molecular weight is 241 g/mol. The summed E-state index contributed by atoms with van der Waals surface area (Å²) in [6.45, 7) is 4.01.